The van der Waals surface area contributed by atoms with Crippen molar-refractivity contribution < 1.29 is 9.59 Å². The Labute approximate surface area is 183 Å². The van der Waals surface area contributed by atoms with Crippen LogP contribution in [-0.4, -0.2) is 60.9 Å². The molecule has 0 spiro atoms. The van der Waals surface area contributed by atoms with Gasteiger partial charge in [-0.3, -0.25) is 9.59 Å². The van der Waals surface area contributed by atoms with Gasteiger partial charge < -0.3 is 15.1 Å². The predicted octanol–water partition coefficient (Wildman–Crippen LogP) is 4.26. The van der Waals surface area contributed by atoms with Crippen LogP contribution in [0.5, 0.6) is 0 Å². The van der Waals surface area contributed by atoms with Gasteiger partial charge in [-0.2, -0.15) is 0 Å². The number of hydrogen-bond donors (Lipinski definition) is 1. The molecule has 0 saturated carbocycles. The van der Waals surface area contributed by atoms with Gasteiger partial charge in [0.2, 0.25) is 5.91 Å². The van der Waals surface area contributed by atoms with Crippen molar-refractivity contribution in [3.05, 3.63) is 35.4 Å². The number of unbranched alkanes of at least 4 members (excludes halogenated alkanes) is 6. The largest absolute Gasteiger partial charge is 0.345 e. The maximum Gasteiger partial charge on any atom is 0.252 e. The Morgan fingerprint density at radius 3 is 2.40 bits per heavy atom. The van der Waals surface area contributed by atoms with E-state index in [1.165, 1.54) is 32.1 Å². The molecule has 2 amide bonds. The van der Waals surface area contributed by atoms with Gasteiger partial charge in [-0.05, 0) is 45.5 Å². The molecule has 1 aromatic rings. The lowest BCUT2D eigenvalue weighted by atomic mass is 9.85. The first-order chi connectivity index (χ1) is 14.3. The van der Waals surface area contributed by atoms with Gasteiger partial charge >= 0.3 is 0 Å². The van der Waals surface area contributed by atoms with Crippen molar-refractivity contribution in [2.45, 2.75) is 77.2 Å². The molecule has 0 bridgehead atoms. The second kappa shape index (κ2) is 12.1. The number of benzene rings is 1. The molecule has 2 rings (SSSR count). The van der Waals surface area contributed by atoms with E-state index in [2.05, 4.69) is 24.1 Å². The van der Waals surface area contributed by atoms with Gasteiger partial charge in [0.25, 0.3) is 5.91 Å². The molecule has 5 nitrogen and oxygen atoms in total. The first kappa shape index (κ1) is 24.4. The number of carbonyl (C=O) groups is 2. The Morgan fingerprint density at radius 1 is 1.03 bits per heavy atom. The lowest BCUT2D eigenvalue weighted by Gasteiger charge is -2.40. The molecular formula is C25H41N3O2. The predicted molar refractivity (Wildman–Crippen MR) is 124 cm³/mol. The zero-order valence-corrected chi connectivity index (χ0v) is 19.5. The summed E-state index contributed by atoms with van der Waals surface area (Å²) in [7, 11) is 4.05. The number of hydrogen-bond acceptors (Lipinski definition) is 3. The summed E-state index contributed by atoms with van der Waals surface area (Å²) in [6.07, 6.45) is 9.79. The molecule has 1 heterocycles. The molecule has 5 heteroatoms. The van der Waals surface area contributed by atoms with Crippen molar-refractivity contribution >= 4 is 11.8 Å². The third-order valence-corrected chi connectivity index (χ3v) is 5.96. The zero-order chi connectivity index (χ0) is 22.0. The quantitative estimate of drug-likeness (QED) is 0.490. The van der Waals surface area contributed by atoms with Gasteiger partial charge in [-0.15, -0.1) is 0 Å². The van der Waals surface area contributed by atoms with Gasteiger partial charge in [0.1, 0.15) is 0 Å². The Hall–Kier alpha value is -1.88. The number of fused-ring (bicyclic) bond motifs is 1. The standard InChI is InChI=1S/C25H41N3O2/c1-5-6-7-8-9-10-11-16-23(29)28(18-17-27(3)4)20-25(2)19-21-14-12-13-15-22(21)24(30)26-25/h12-15H,5-11,16-20H2,1-4H3,(H,26,30). The first-order valence-corrected chi connectivity index (χ1v) is 11.7. The molecule has 30 heavy (non-hydrogen) atoms. The summed E-state index contributed by atoms with van der Waals surface area (Å²) in [5.74, 6) is 0.172. The maximum absolute atomic E-state index is 13.0. The third kappa shape index (κ3) is 7.75. The Balaban J connectivity index is 1.94. The normalized spacial score (nSPS) is 18.2. The lowest BCUT2D eigenvalue weighted by molar-refractivity contribution is -0.132. The first-order valence-electron chi connectivity index (χ1n) is 11.7. The minimum absolute atomic E-state index is 0.0357. The van der Waals surface area contributed by atoms with E-state index in [0.29, 0.717) is 19.5 Å². The van der Waals surface area contributed by atoms with E-state index in [9.17, 15) is 9.59 Å². The molecule has 1 aromatic carbocycles. The van der Waals surface area contributed by atoms with Crippen molar-refractivity contribution in [1.82, 2.24) is 15.1 Å². The minimum Gasteiger partial charge on any atom is -0.345 e. The van der Waals surface area contributed by atoms with Crippen LogP contribution in [0.15, 0.2) is 24.3 Å². The number of rotatable bonds is 13. The van der Waals surface area contributed by atoms with Gasteiger partial charge in [0, 0.05) is 31.6 Å². The monoisotopic (exact) mass is 415 g/mol. The highest BCUT2D eigenvalue weighted by atomic mass is 16.2. The van der Waals surface area contributed by atoms with Gasteiger partial charge in [0.15, 0.2) is 0 Å². The van der Waals surface area contributed by atoms with Crippen molar-refractivity contribution in [3.8, 4) is 0 Å². The van der Waals surface area contributed by atoms with Gasteiger partial charge in [0.05, 0.1) is 5.54 Å². The second-order valence-corrected chi connectivity index (χ2v) is 9.34. The number of amides is 2. The second-order valence-electron chi connectivity index (χ2n) is 9.34. The molecule has 0 radical (unpaired) electrons. The van der Waals surface area contributed by atoms with E-state index in [0.717, 1.165) is 36.9 Å². The molecule has 1 atom stereocenters. The maximum atomic E-state index is 13.0. The topological polar surface area (TPSA) is 52.7 Å². The minimum atomic E-state index is -0.437. The van der Waals surface area contributed by atoms with Crippen LogP contribution in [0.3, 0.4) is 0 Å². The summed E-state index contributed by atoms with van der Waals surface area (Å²) >= 11 is 0. The van der Waals surface area contributed by atoms with E-state index in [4.69, 9.17) is 0 Å². The molecule has 168 valence electrons. The third-order valence-electron chi connectivity index (χ3n) is 5.96. The highest BCUT2D eigenvalue weighted by Crippen LogP contribution is 2.24. The van der Waals surface area contributed by atoms with Crippen molar-refractivity contribution in [1.29, 1.82) is 0 Å². The smallest absolute Gasteiger partial charge is 0.252 e. The van der Waals surface area contributed by atoms with Crippen LogP contribution >= 0.6 is 0 Å². The Kier molecular flexibility index (Phi) is 9.83. The number of nitrogens with one attached hydrogen (secondary N) is 1. The summed E-state index contributed by atoms with van der Waals surface area (Å²) in [6, 6.07) is 7.78. The van der Waals surface area contributed by atoms with Crippen molar-refractivity contribution in [3.63, 3.8) is 0 Å². The highest BCUT2D eigenvalue weighted by molar-refractivity contribution is 5.97. The van der Waals surface area contributed by atoms with Crippen LogP contribution in [0.4, 0.5) is 0 Å². The van der Waals surface area contributed by atoms with Crippen molar-refractivity contribution in [2.75, 3.05) is 33.7 Å². The molecule has 1 unspecified atom stereocenters. The summed E-state index contributed by atoms with van der Waals surface area (Å²) in [5, 5.41) is 3.17. The SMILES string of the molecule is CCCCCCCCCC(=O)N(CCN(C)C)CC1(C)Cc2ccccc2C(=O)N1. The molecular weight excluding hydrogens is 374 g/mol. The molecule has 1 aliphatic rings. The van der Waals surface area contributed by atoms with Gasteiger partial charge in [-0.25, -0.2) is 0 Å². The lowest BCUT2D eigenvalue weighted by Crippen LogP contribution is -2.59. The van der Waals surface area contributed by atoms with E-state index in [-0.39, 0.29) is 11.8 Å². The molecule has 1 N–H and O–H groups in total. The zero-order valence-electron chi connectivity index (χ0n) is 19.5. The molecule has 0 aromatic heterocycles. The van der Waals surface area contributed by atoms with Crippen LogP contribution in [0.2, 0.25) is 0 Å². The summed E-state index contributed by atoms with van der Waals surface area (Å²) in [4.78, 5) is 29.7. The van der Waals surface area contributed by atoms with Crippen LogP contribution in [0.1, 0.15) is 81.1 Å². The fourth-order valence-corrected chi connectivity index (χ4v) is 4.22. The Morgan fingerprint density at radius 2 is 1.70 bits per heavy atom. The fourth-order valence-electron chi connectivity index (χ4n) is 4.22. The molecule has 0 saturated heterocycles. The van der Waals surface area contributed by atoms with E-state index in [1.54, 1.807) is 0 Å². The van der Waals surface area contributed by atoms with E-state index < -0.39 is 5.54 Å². The number of likely N-dealkylation sites (N-methyl/N-ethyl adjacent to an activating group) is 1. The highest BCUT2D eigenvalue weighted by Gasteiger charge is 2.36. The number of nitrogens with zero attached hydrogens (tertiary/aromatic N) is 2. The summed E-state index contributed by atoms with van der Waals surface area (Å²) < 4.78 is 0. The average molecular weight is 416 g/mol. The van der Waals surface area contributed by atoms with Crippen LogP contribution in [0, 0.1) is 0 Å². The van der Waals surface area contributed by atoms with Crippen LogP contribution < -0.4 is 5.32 Å². The fraction of sp³-hybridized carbons (Fsp3) is 0.680. The Bertz CT molecular complexity index is 689. The summed E-state index contributed by atoms with van der Waals surface area (Å²) in [6.45, 7) is 6.36. The molecule has 1 aliphatic heterocycles. The van der Waals surface area contributed by atoms with E-state index in [1.807, 2.05) is 43.3 Å². The molecule has 0 aliphatic carbocycles. The van der Waals surface area contributed by atoms with Crippen LogP contribution in [0.25, 0.3) is 0 Å². The van der Waals surface area contributed by atoms with Crippen molar-refractivity contribution in [2.24, 2.45) is 0 Å². The summed E-state index contributed by atoms with van der Waals surface area (Å²) in [5.41, 5.74) is 1.38. The van der Waals surface area contributed by atoms with E-state index >= 15 is 0 Å². The number of carbonyl (C=O) groups excluding carboxylic acids is 2. The van der Waals surface area contributed by atoms with Gasteiger partial charge in [-0.1, -0.05) is 63.6 Å². The average Bonchev–Trinajstić information content (AvgIpc) is 2.70. The van der Waals surface area contributed by atoms with Crippen LogP contribution in [-0.2, 0) is 11.2 Å². The molecule has 0 fully saturated rings.